The fraction of sp³-hybridized carbons (Fsp3) is 0.462. The van der Waals surface area contributed by atoms with Crippen LogP contribution in [0.5, 0.6) is 11.5 Å². The molecule has 0 unspecified atom stereocenters. The summed E-state index contributed by atoms with van der Waals surface area (Å²) in [4.78, 5) is 24.9. The highest BCUT2D eigenvalue weighted by Gasteiger charge is 2.25. The van der Waals surface area contributed by atoms with Crippen LogP contribution < -0.4 is 14.6 Å². The lowest BCUT2D eigenvalue weighted by Gasteiger charge is -2.27. The highest BCUT2D eigenvalue weighted by Crippen LogP contribution is 2.40. The zero-order valence-electron chi connectivity index (χ0n) is 21.3. The lowest BCUT2D eigenvalue weighted by Crippen LogP contribution is -2.38. The Kier molecular flexibility index (Phi) is 9.44. The van der Waals surface area contributed by atoms with Crippen LogP contribution >= 0.6 is 11.6 Å². The van der Waals surface area contributed by atoms with Crippen LogP contribution in [0.25, 0.3) is 11.1 Å². The molecule has 2 aromatic carbocycles. The number of carbonyl (C=O) groups excluding carboxylic acids is 2. The predicted molar refractivity (Wildman–Crippen MR) is 141 cm³/mol. The van der Waals surface area contributed by atoms with E-state index in [0.717, 1.165) is 11.8 Å². The second-order valence-corrected chi connectivity index (χ2v) is 11.7. The van der Waals surface area contributed by atoms with Crippen molar-refractivity contribution in [2.75, 3.05) is 26.3 Å². The molecule has 2 aromatic rings. The Balaban J connectivity index is 1.86. The van der Waals surface area contributed by atoms with Crippen LogP contribution in [0.15, 0.2) is 35.2 Å². The Bertz CT molecular complexity index is 1240. The Labute approximate surface area is 222 Å². The molecule has 2 N–H and O–H groups in total. The molecule has 0 saturated carbocycles. The molecule has 1 aliphatic rings. The first-order valence-electron chi connectivity index (χ1n) is 12.1. The molecular formula is C26H33ClN2O7S. The minimum atomic E-state index is -4.06. The SMILES string of the molecule is CC(C)(C)OC(=O)N(CCCCC=O)CCc1cc(-c2cc3c(c(S(N)(=O)=O)c2)OCCO3)ccc1Cl. The van der Waals surface area contributed by atoms with Gasteiger partial charge in [0.2, 0.25) is 10.0 Å². The summed E-state index contributed by atoms with van der Waals surface area (Å²) in [6, 6.07) is 8.50. The van der Waals surface area contributed by atoms with Crippen LogP contribution in [-0.2, 0) is 26.0 Å². The van der Waals surface area contributed by atoms with Crippen LogP contribution in [0.3, 0.4) is 0 Å². The van der Waals surface area contributed by atoms with Crippen LogP contribution in [0, 0.1) is 0 Å². The number of halogens is 1. The van der Waals surface area contributed by atoms with Gasteiger partial charge in [-0.15, -0.1) is 0 Å². The van der Waals surface area contributed by atoms with E-state index in [9.17, 15) is 18.0 Å². The molecule has 0 aliphatic carbocycles. The zero-order valence-corrected chi connectivity index (χ0v) is 22.9. The number of hydrogen-bond donors (Lipinski definition) is 1. The van der Waals surface area contributed by atoms with E-state index in [-0.39, 0.29) is 17.3 Å². The summed E-state index contributed by atoms with van der Waals surface area (Å²) in [6.07, 6.45) is 2.64. The van der Waals surface area contributed by atoms with Gasteiger partial charge in [-0.3, -0.25) is 0 Å². The quantitative estimate of drug-likeness (QED) is 0.338. The standard InChI is InChI=1S/C26H33ClN2O7S/c1-26(2,3)36-25(31)29(10-5-4-6-12-30)11-9-19-15-18(7-8-21(19)27)20-16-22-24(35-14-13-34-22)23(17-20)37(28,32)33/h7-8,12,15-17H,4-6,9-11,13-14H2,1-3H3,(H2,28,32,33). The molecule has 1 heterocycles. The van der Waals surface area contributed by atoms with Gasteiger partial charge in [0.15, 0.2) is 11.5 Å². The number of aldehydes is 1. The topological polar surface area (TPSA) is 125 Å². The molecule has 1 aliphatic heterocycles. The molecule has 3 rings (SSSR count). The van der Waals surface area contributed by atoms with E-state index in [4.69, 9.17) is 31.0 Å². The van der Waals surface area contributed by atoms with Gasteiger partial charge in [-0.25, -0.2) is 18.4 Å². The Morgan fingerprint density at radius 1 is 1.11 bits per heavy atom. The Morgan fingerprint density at radius 2 is 1.84 bits per heavy atom. The van der Waals surface area contributed by atoms with Gasteiger partial charge < -0.3 is 23.9 Å². The van der Waals surface area contributed by atoms with E-state index in [1.807, 2.05) is 6.07 Å². The molecule has 0 saturated heterocycles. The van der Waals surface area contributed by atoms with Crippen molar-refractivity contribution < 1.29 is 32.2 Å². The van der Waals surface area contributed by atoms with Crippen molar-refractivity contribution >= 4 is 34.0 Å². The maximum Gasteiger partial charge on any atom is 0.410 e. The number of nitrogens with two attached hydrogens (primary N) is 1. The third-order valence-corrected chi connectivity index (χ3v) is 6.88. The molecule has 11 heteroatoms. The summed E-state index contributed by atoms with van der Waals surface area (Å²) in [7, 11) is -4.06. The first-order valence-corrected chi connectivity index (χ1v) is 14.0. The number of ether oxygens (including phenoxy) is 3. The average molecular weight is 553 g/mol. The van der Waals surface area contributed by atoms with Gasteiger partial charge in [0, 0.05) is 24.5 Å². The highest BCUT2D eigenvalue weighted by molar-refractivity contribution is 7.89. The number of unbranched alkanes of at least 4 members (excludes halogenated alkanes) is 2. The van der Waals surface area contributed by atoms with Crippen LogP contribution in [0.4, 0.5) is 4.79 Å². The number of primary sulfonamides is 1. The average Bonchev–Trinajstić information content (AvgIpc) is 2.82. The second kappa shape index (κ2) is 12.1. The fourth-order valence-electron chi connectivity index (χ4n) is 3.85. The summed E-state index contributed by atoms with van der Waals surface area (Å²) in [6.45, 7) is 6.72. The van der Waals surface area contributed by atoms with Gasteiger partial charge in [0.25, 0.3) is 0 Å². The van der Waals surface area contributed by atoms with Gasteiger partial charge >= 0.3 is 6.09 Å². The third-order valence-electron chi connectivity index (χ3n) is 5.60. The largest absolute Gasteiger partial charge is 0.486 e. The summed E-state index contributed by atoms with van der Waals surface area (Å²) in [5.74, 6) is 0.407. The third kappa shape index (κ3) is 8.08. The number of nitrogens with zero attached hydrogens (tertiary/aromatic N) is 1. The molecule has 0 fully saturated rings. The molecule has 202 valence electrons. The zero-order chi connectivity index (χ0) is 27.2. The van der Waals surface area contributed by atoms with Crippen molar-refractivity contribution in [1.29, 1.82) is 0 Å². The van der Waals surface area contributed by atoms with E-state index in [1.165, 1.54) is 6.07 Å². The van der Waals surface area contributed by atoms with Crippen LogP contribution in [0.2, 0.25) is 5.02 Å². The van der Waals surface area contributed by atoms with Gasteiger partial charge in [-0.1, -0.05) is 17.7 Å². The summed E-state index contributed by atoms with van der Waals surface area (Å²) < 4.78 is 41.2. The first kappa shape index (κ1) is 28.7. The predicted octanol–water partition coefficient (Wildman–Crippen LogP) is 4.57. The number of sulfonamides is 1. The van der Waals surface area contributed by atoms with Crippen molar-refractivity contribution in [2.45, 2.75) is 57.0 Å². The smallest absolute Gasteiger partial charge is 0.410 e. The van der Waals surface area contributed by atoms with Crippen LogP contribution in [-0.4, -0.2) is 57.6 Å². The maximum atomic E-state index is 12.8. The van der Waals surface area contributed by atoms with E-state index >= 15 is 0 Å². The minimum Gasteiger partial charge on any atom is -0.486 e. The molecule has 0 radical (unpaired) electrons. The Hall–Kier alpha value is -2.82. The molecule has 0 atom stereocenters. The van der Waals surface area contributed by atoms with Gasteiger partial charge in [-0.2, -0.15) is 0 Å². The molecule has 1 amide bonds. The molecule has 0 spiro atoms. The van der Waals surface area contributed by atoms with E-state index in [0.29, 0.717) is 67.3 Å². The number of benzene rings is 2. The second-order valence-electron chi connectivity index (χ2n) is 9.73. The Morgan fingerprint density at radius 3 is 2.51 bits per heavy atom. The monoisotopic (exact) mass is 552 g/mol. The van der Waals surface area contributed by atoms with E-state index in [1.54, 1.807) is 43.9 Å². The van der Waals surface area contributed by atoms with Gasteiger partial charge in [0.05, 0.1) is 0 Å². The number of fused-ring (bicyclic) bond motifs is 1. The van der Waals surface area contributed by atoms with E-state index in [2.05, 4.69) is 0 Å². The fourth-order valence-corrected chi connectivity index (χ4v) is 4.77. The van der Waals surface area contributed by atoms with Crippen molar-refractivity contribution in [2.24, 2.45) is 5.14 Å². The molecule has 37 heavy (non-hydrogen) atoms. The summed E-state index contributed by atoms with van der Waals surface area (Å²) >= 11 is 6.48. The molecule has 9 nitrogen and oxygen atoms in total. The number of carbonyl (C=O) groups is 2. The minimum absolute atomic E-state index is 0.106. The number of rotatable bonds is 10. The van der Waals surface area contributed by atoms with Crippen LogP contribution in [0.1, 0.15) is 45.6 Å². The number of amides is 1. The summed E-state index contributed by atoms with van der Waals surface area (Å²) in [5.41, 5.74) is 1.40. The summed E-state index contributed by atoms with van der Waals surface area (Å²) in [5, 5.41) is 5.95. The number of hydrogen-bond acceptors (Lipinski definition) is 7. The first-order chi connectivity index (χ1) is 17.4. The van der Waals surface area contributed by atoms with Gasteiger partial charge in [0.1, 0.15) is 30.0 Å². The lowest BCUT2D eigenvalue weighted by molar-refractivity contribution is -0.107. The van der Waals surface area contributed by atoms with Crippen molar-refractivity contribution in [1.82, 2.24) is 4.90 Å². The van der Waals surface area contributed by atoms with E-state index < -0.39 is 21.7 Å². The highest BCUT2D eigenvalue weighted by atomic mass is 35.5. The molecular weight excluding hydrogens is 520 g/mol. The normalized spacial score (nSPS) is 13.2. The molecule has 0 aromatic heterocycles. The lowest BCUT2D eigenvalue weighted by atomic mass is 10.0. The van der Waals surface area contributed by atoms with Crippen molar-refractivity contribution in [3.05, 3.63) is 40.9 Å². The maximum absolute atomic E-state index is 12.8. The van der Waals surface area contributed by atoms with Crippen molar-refractivity contribution in [3.8, 4) is 22.6 Å². The van der Waals surface area contributed by atoms with Gasteiger partial charge in [-0.05, 0) is 81.0 Å². The van der Waals surface area contributed by atoms with Crippen molar-refractivity contribution in [3.63, 3.8) is 0 Å². The molecule has 0 bridgehead atoms.